The monoisotopic (exact) mass is 332 g/mol. The molecule has 2 rings (SSSR count). The molecule has 19 heavy (non-hydrogen) atoms. The third-order valence-corrected chi connectivity index (χ3v) is 3.59. The van der Waals surface area contributed by atoms with Crippen molar-refractivity contribution in [3.8, 4) is 5.75 Å². The first-order valence-electron chi connectivity index (χ1n) is 5.34. The maximum Gasteiger partial charge on any atom is 0.173 e. The summed E-state index contributed by atoms with van der Waals surface area (Å²) in [7, 11) is 3.06. The van der Waals surface area contributed by atoms with E-state index in [1.165, 1.54) is 24.1 Å². The number of aryl methyl sites for hydroxylation is 1. The highest BCUT2D eigenvalue weighted by Crippen LogP contribution is 2.34. The van der Waals surface area contributed by atoms with Crippen LogP contribution in [-0.2, 0) is 7.05 Å². The van der Waals surface area contributed by atoms with Crippen LogP contribution in [0, 0.1) is 11.6 Å². The van der Waals surface area contributed by atoms with E-state index in [1.54, 1.807) is 7.05 Å². The van der Waals surface area contributed by atoms with Gasteiger partial charge in [-0.15, -0.1) is 0 Å². The Kier molecular flexibility index (Phi) is 3.86. The van der Waals surface area contributed by atoms with E-state index in [-0.39, 0.29) is 10.0 Å². The molecule has 0 amide bonds. The van der Waals surface area contributed by atoms with Crippen LogP contribution in [0.5, 0.6) is 5.75 Å². The third-order valence-electron chi connectivity index (χ3n) is 2.79. The van der Waals surface area contributed by atoms with Crippen LogP contribution >= 0.6 is 15.9 Å². The van der Waals surface area contributed by atoms with Crippen molar-refractivity contribution in [1.29, 1.82) is 0 Å². The second kappa shape index (κ2) is 5.26. The molecule has 0 aliphatic carbocycles. The average Bonchev–Trinajstić information content (AvgIpc) is 2.76. The molecule has 1 atom stereocenters. The van der Waals surface area contributed by atoms with E-state index in [9.17, 15) is 13.9 Å². The van der Waals surface area contributed by atoms with Gasteiger partial charge in [0.05, 0.1) is 17.8 Å². The Morgan fingerprint density at radius 2 is 2.11 bits per heavy atom. The van der Waals surface area contributed by atoms with Crippen molar-refractivity contribution in [2.45, 2.75) is 6.10 Å². The van der Waals surface area contributed by atoms with Crippen LogP contribution in [0.2, 0.25) is 0 Å². The molecule has 0 aliphatic heterocycles. The number of nitrogens with zero attached hydrogens (tertiary/aromatic N) is 2. The van der Waals surface area contributed by atoms with E-state index in [1.807, 2.05) is 0 Å². The smallest absolute Gasteiger partial charge is 0.173 e. The molecule has 0 aliphatic rings. The Morgan fingerprint density at radius 3 is 2.74 bits per heavy atom. The van der Waals surface area contributed by atoms with Gasteiger partial charge in [0.25, 0.3) is 0 Å². The van der Waals surface area contributed by atoms with Crippen LogP contribution in [0.25, 0.3) is 0 Å². The predicted molar refractivity (Wildman–Crippen MR) is 67.9 cm³/mol. The summed E-state index contributed by atoms with van der Waals surface area (Å²) in [6, 6.07) is 2.26. The number of aliphatic hydroxyl groups is 1. The van der Waals surface area contributed by atoms with Crippen LogP contribution in [0.3, 0.4) is 0 Å². The maximum atomic E-state index is 13.5. The Balaban J connectivity index is 2.53. The van der Waals surface area contributed by atoms with E-state index >= 15 is 0 Å². The number of benzene rings is 1. The molecule has 1 N–H and O–H groups in total. The van der Waals surface area contributed by atoms with Gasteiger partial charge in [0.1, 0.15) is 11.8 Å². The first kappa shape index (κ1) is 14.0. The van der Waals surface area contributed by atoms with Crippen molar-refractivity contribution in [2.24, 2.45) is 7.05 Å². The van der Waals surface area contributed by atoms with Gasteiger partial charge in [-0.3, -0.25) is 4.68 Å². The Labute approximate surface area is 116 Å². The minimum absolute atomic E-state index is 0.122. The number of methoxy groups -OCH3 is 1. The Hall–Kier alpha value is -1.47. The molecule has 1 unspecified atom stereocenters. The molecule has 0 radical (unpaired) electrons. The lowest BCUT2D eigenvalue weighted by Crippen LogP contribution is -2.09. The first-order chi connectivity index (χ1) is 8.97. The number of rotatable bonds is 3. The zero-order valence-electron chi connectivity index (χ0n) is 10.2. The zero-order chi connectivity index (χ0) is 14.2. The lowest BCUT2D eigenvalue weighted by molar-refractivity contribution is 0.202. The van der Waals surface area contributed by atoms with Crippen molar-refractivity contribution in [3.05, 3.63) is 45.7 Å². The van der Waals surface area contributed by atoms with Crippen molar-refractivity contribution in [3.63, 3.8) is 0 Å². The van der Waals surface area contributed by atoms with Crippen molar-refractivity contribution in [1.82, 2.24) is 9.78 Å². The summed E-state index contributed by atoms with van der Waals surface area (Å²) < 4.78 is 32.9. The molecular weight excluding hydrogens is 322 g/mol. The van der Waals surface area contributed by atoms with E-state index < -0.39 is 17.7 Å². The first-order valence-corrected chi connectivity index (χ1v) is 6.14. The zero-order valence-corrected chi connectivity index (χ0v) is 11.8. The molecule has 2 aromatic rings. The quantitative estimate of drug-likeness (QED) is 0.879. The fourth-order valence-corrected chi connectivity index (χ4v) is 2.33. The molecule has 1 aromatic carbocycles. The molecule has 0 bridgehead atoms. The lowest BCUT2D eigenvalue weighted by Gasteiger charge is -2.15. The van der Waals surface area contributed by atoms with Gasteiger partial charge in [-0.2, -0.15) is 5.10 Å². The second-order valence-corrected chi connectivity index (χ2v) is 4.68. The van der Waals surface area contributed by atoms with Gasteiger partial charge in [-0.1, -0.05) is 6.07 Å². The molecule has 7 heteroatoms. The van der Waals surface area contributed by atoms with Crippen molar-refractivity contribution in [2.75, 3.05) is 7.11 Å². The van der Waals surface area contributed by atoms with Gasteiger partial charge >= 0.3 is 0 Å². The normalized spacial score (nSPS) is 12.5. The maximum absolute atomic E-state index is 13.5. The third kappa shape index (κ3) is 2.35. The summed E-state index contributed by atoms with van der Waals surface area (Å²) in [6.45, 7) is 0. The summed E-state index contributed by atoms with van der Waals surface area (Å²) in [5.41, 5.74) is 0.551. The van der Waals surface area contributed by atoms with Crippen molar-refractivity contribution >= 4 is 15.9 Å². The molecule has 1 heterocycles. The van der Waals surface area contributed by atoms with E-state index in [0.29, 0.717) is 11.4 Å². The highest BCUT2D eigenvalue weighted by molar-refractivity contribution is 9.10. The fourth-order valence-electron chi connectivity index (χ4n) is 1.80. The molecule has 0 spiro atoms. The predicted octanol–water partition coefficient (Wildman–Crippen LogP) is 2.55. The summed E-state index contributed by atoms with van der Waals surface area (Å²) in [5.74, 6) is -1.66. The summed E-state index contributed by atoms with van der Waals surface area (Å²) in [6.07, 6.45) is 0.249. The van der Waals surface area contributed by atoms with Gasteiger partial charge in [0, 0.05) is 12.6 Å². The summed E-state index contributed by atoms with van der Waals surface area (Å²) >= 11 is 2.94. The van der Waals surface area contributed by atoms with Gasteiger partial charge in [-0.05, 0) is 22.0 Å². The van der Waals surface area contributed by atoms with Gasteiger partial charge in [0.15, 0.2) is 17.4 Å². The van der Waals surface area contributed by atoms with Crippen LogP contribution in [0.4, 0.5) is 8.78 Å². The molecule has 0 saturated heterocycles. The van der Waals surface area contributed by atoms with Gasteiger partial charge in [0.2, 0.25) is 0 Å². The molecule has 0 fully saturated rings. The fraction of sp³-hybridized carbons (Fsp3) is 0.250. The number of halogens is 3. The number of aromatic nitrogens is 2. The topological polar surface area (TPSA) is 47.3 Å². The van der Waals surface area contributed by atoms with E-state index in [2.05, 4.69) is 21.0 Å². The molecule has 102 valence electrons. The Bertz CT molecular complexity index is 616. The van der Waals surface area contributed by atoms with Gasteiger partial charge in [-0.25, -0.2) is 8.78 Å². The Morgan fingerprint density at radius 1 is 1.42 bits per heavy atom. The largest absolute Gasteiger partial charge is 0.493 e. The van der Waals surface area contributed by atoms with Crippen molar-refractivity contribution < 1.29 is 18.6 Å². The number of aliphatic hydroxyl groups excluding tert-OH is 1. The number of hydrogen-bond donors (Lipinski definition) is 1. The lowest BCUT2D eigenvalue weighted by atomic mass is 10.1. The summed E-state index contributed by atoms with van der Waals surface area (Å²) in [5, 5.41) is 14.3. The number of hydrogen-bond acceptors (Lipinski definition) is 3. The standard InChI is InChI=1S/C12H11BrF2N2O2/c1-17-11(8(19-2)5-16-17)12(18)6-3-4-7(14)10(15)9(6)13/h3-5,12,18H,1-2H3. The molecule has 4 nitrogen and oxygen atoms in total. The molecular formula is C12H11BrF2N2O2. The van der Waals surface area contributed by atoms with Crippen LogP contribution in [0.1, 0.15) is 17.4 Å². The van der Waals surface area contributed by atoms with Gasteiger partial charge < -0.3 is 9.84 Å². The average molecular weight is 333 g/mol. The van der Waals surface area contributed by atoms with Crippen LogP contribution < -0.4 is 4.74 Å². The minimum atomic E-state index is -1.19. The highest BCUT2D eigenvalue weighted by Gasteiger charge is 2.24. The minimum Gasteiger partial charge on any atom is -0.493 e. The second-order valence-electron chi connectivity index (χ2n) is 3.89. The highest BCUT2D eigenvalue weighted by atomic mass is 79.9. The van der Waals surface area contributed by atoms with Crippen LogP contribution in [-0.4, -0.2) is 22.0 Å². The van der Waals surface area contributed by atoms with Crippen LogP contribution in [0.15, 0.2) is 22.8 Å². The van der Waals surface area contributed by atoms with E-state index in [4.69, 9.17) is 4.74 Å². The van der Waals surface area contributed by atoms with E-state index in [0.717, 1.165) is 6.07 Å². The molecule has 1 aromatic heterocycles. The number of ether oxygens (including phenoxy) is 1. The summed E-state index contributed by atoms with van der Waals surface area (Å²) in [4.78, 5) is 0. The SMILES string of the molecule is COc1cnn(C)c1C(O)c1ccc(F)c(F)c1Br. The molecule has 0 saturated carbocycles.